The average molecular weight is 284 g/mol. The van der Waals surface area contributed by atoms with Gasteiger partial charge in [0.1, 0.15) is 17.3 Å². The highest BCUT2D eigenvalue weighted by Crippen LogP contribution is 2.20. The van der Waals surface area contributed by atoms with Gasteiger partial charge in [-0.05, 0) is 36.4 Å². The van der Waals surface area contributed by atoms with E-state index in [1.165, 1.54) is 6.07 Å². The third-order valence-electron chi connectivity index (χ3n) is 3.20. The van der Waals surface area contributed by atoms with Crippen LogP contribution in [-0.2, 0) is 0 Å². The fourth-order valence-corrected chi connectivity index (χ4v) is 2.11. The van der Waals surface area contributed by atoms with E-state index < -0.39 is 0 Å². The van der Waals surface area contributed by atoms with Gasteiger partial charge in [0.15, 0.2) is 0 Å². The first-order valence-electron chi connectivity index (χ1n) is 6.40. The summed E-state index contributed by atoms with van der Waals surface area (Å²) in [5.41, 5.74) is 1.28. The number of H-pyrrole nitrogens is 1. The molecule has 2 N–H and O–H groups in total. The third kappa shape index (κ3) is 2.58. The van der Waals surface area contributed by atoms with Crippen molar-refractivity contribution in [3.63, 3.8) is 0 Å². The van der Waals surface area contributed by atoms with E-state index in [4.69, 9.17) is 4.74 Å². The second-order valence-corrected chi connectivity index (χ2v) is 4.57. The number of para-hydroxylation sites is 1. The number of fused-ring (bicyclic) bond motifs is 1. The number of carbonyl (C=O) groups excluding carboxylic acids is 1. The lowest BCUT2D eigenvalue weighted by Gasteiger charge is -2.04. The average Bonchev–Trinajstić information content (AvgIpc) is 2.94. The zero-order valence-electron chi connectivity index (χ0n) is 11.3. The normalized spacial score (nSPS) is 10.6. The molecule has 0 atom stereocenters. The van der Waals surface area contributed by atoms with Gasteiger partial charge in [0.05, 0.1) is 12.6 Å². The number of benzene rings is 2. The van der Waals surface area contributed by atoms with Crippen LogP contribution in [0.4, 0.5) is 10.1 Å². The summed E-state index contributed by atoms with van der Waals surface area (Å²) in [5.74, 6) is 0.00689. The summed E-state index contributed by atoms with van der Waals surface area (Å²) in [6.07, 6.45) is 0. The number of carbonyl (C=O) groups is 1. The Bertz CT molecular complexity index is 794. The van der Waals surface area contributed by atoms with Gasteiger partial charge >= 0.3 is 0 Å². The standard InChI is InChI=1S/C16H13FN2O2/c1-21-12-7-5-11(6-8-12)18-16(20)14-9-10-3-2-4-13(17)15(10)19-14/h2-9,19H,1H3,(H,18,20). The van der Waals surface area contributed by atoms with Gasteiger partial charge in [0, 0.05) is 11.1 Å². The molecule has 1 heterocycles. The van der Waals surface area contributed by atoms with Gasteiger partial charge in [-0.25, -0.2) is 4.39 Å². The van der Waals surface area contributed by atoms with Gasteiger partial charge in [-0.1, -0.05) is 12.1 Å². The lowest BCUT2D eigenvalue weighted by molar-refractivity contribution is 0.102. The van der Waals surface area contributed by atoms with Crippen molar-refractivity contribution in [3.05, 3.63) is 60.0 Å². The quantitative estimate of drug-likeness (QED) is 0.772. The fourth-order valence-electron chi connectivity index (χ4n) is 2.11. The van der Waals surface area contributed by atoms with Gasteiger partial charge in [0.2, 0.25) is 0 Å². The van der Waals surface area contributed by atoms with Gasteiger partial charge in [0.25, 0.3) is 5.91 Å². The zero-order valence-corrected chi connectivity index (χ0v) is 11.3. The largest absolute Gasteiger partial charge is 0.497 e. The molecule has 0 saturated carbocycles. The summed E-state index contributed by atoms with van der Waals surface area (Å²) in [4.78, 5) is 14.9. The molecule has 0 fully saturated rings. The molecule has 0 unspecified atom stereocenters. The van der Waals surface area contributed by atoms with E-state index in [0.717, 1.165) is 0 Å². The van der Waals surface area contributed by atoms with Crippen molar-refractivity contribution in [1.29, 1.82) is 0 Å². The number of aromatic amines is 1. The summed E-state index contributed by atoms with van der Waals surface area (Å²) in [5, 5.41) is 3.40. The van der Waals surface area contributed by atoms with E-state index in [1.807, 2.05) is 0 Å². The van der Waals surface area contributed by atoms with Crippen LogP contribution in [0.1, 0.15) is 10.5 Å². The van der Waals surface area contributed by atoms with E-state index in [9.17, 15) is 9.18 Å². The molecule has 0 saturated heterocycles. The highest BCUT2D eigenvalue weighted by atomic mass is 19.1. The van der Waals surface area contributed by atoms with Gasteiger partial charge in [-0.15, -0.1) is 0 Å². The fraction of sp³-hybridized carbons (Fsp3) is 0.0625. The molecule has 0 spiro atoms. The molecule has 21 heavy (non-hydrogen) atoms. The highest BCUT2D eigenvalue weighted by molar-refractivity contribution is 6.05. The minimum absolute atomic E-state index is 0.311. The number of hydrogen-bond donors (Lipinski definition) is 2. The molecule has 0 aliphatic rings. The molecule has 0 radical (unpaired) electrons. The smallest absolute Gasteiger partial charge is 0.272 e. The number of halogens is 1. The molecule has 106 valence electrons. The predicted molar refractivity (Wildman–Crippen MR) is 79.2 cm³/mol. The van der Waals surface area contributed by atoms with Gasteiger partial charge in [-0.3, -0.25) is 4.79 Å². The number of amides is 1. The number of ether oxygens (including phenoxy) is 1. The van der Waals surface area contributed by atoms with Crippen molar-refractivity contribution in [2.75, 3.05) is 12.4 Å². The van der Waals surface area contributed by atoms with Crippen LogP contribution in [0.15, 0.2) is 48.5 Å². The lowest BCUT2D eigenvalue weighted by atomic mass is 10.2. The van der Waals surface area contributed by atoms with Crippen molar-refractivity contribution in [3.8, 4) is 5.75 Å². The molecule has 3 rings (SSSR count). The highest BCUT2D eigenvalue weighted by Gasteiger charge is 2.11. The molecule has 0 aliphatic heterocycles. The molecule has 5 heteroatoms. The topological polar surface area (TPSA) is 54.1 Å². The number of nitrogens with one attached hydrogen (secondary N) is 2. The summed E-state index contributed by atoms with van der Waals surface area (Å²) in [6, 6.07) is 13.3. The van der Waals surface area contributed by atoms with Crippen molar-refractivity contribution in [1.82, 2.24) is 4.98 Å². The van der Waals surface area contributed by atoms with E-state index in [1.54, 1.807) is 49.6 Å². The Morgan fingerprint density at radius 1 is 1.19 bits per heavy atom. The SMILES string of the molecule is COc1ccc(NC(=O)c2cc3cccc(F)c3[nH]2)cc1. The number of hydrogen-bond acceptors (Lipinski definition) is 2. The maximum Gasteiger partial charge on any atom is 0.272 e. The maximum absolute atomic E-state index is 13.6. The molecular formula is C16H13FN2O2. The Hall–Kier alpha value is -2.82. The maximum atomic E-state index is 13.6. The third-order valence-corrected chi connectivity index (χ3v) is 3.20. The van der Waals surface area contributed by atoms with Crippen molar-refractivity contribution in [2.24, 2.45) is 0 Å². The number of aromatic nitrogens is 1. The van der Waals surface area contributed by atoms with Crippen molar-refractivity contribution >= 4 is 22.5 Å². The van der Waals surface area contributed by atoms with Crippen LogP contribution in [0.25, 0.3) is 10.9 Å². The first-order valence-corrected chi connectivity index (χ1v) is 6.40. The number of rotatable bonds is 3. The second-order valence-electron chi connectivity index (χ2n) is 4.57. The van der Waals surface area contributed by atoms with Gasteiger partial charge < -0.3 is 15.0 Å². The molecule has 4 nitrogen and oxygen atoms in total. The van der Waals surface area contributed by atoms with Crippen molar-refractivity contribution in [2.45, 2.75) is 0 Å². The van der Waals surface area contributed by atoms with E-state index in [2.05, 4.69) is 10.3 Å². The molecular weight excluding hydrogens is 271 g/mol. The molecule has 1 aromatic heterocycles. The minimum Gasteiger partial charge on any atom is -0.497 e. The van der Waals surface area contributed by atoms with Crippen LogP contribution in [0.3, 0.4) is 0 Å². The predicted octanol–water partition coefficient (Wildman–Crippen LogP) is 3.57. The Morgan fingerprint density at radius 3 is 2.62 bits per heavy atom. The summed E-state index contributed by atoms with van der Waals surface area (Å²) >= 11 is 0. The summed E-state index contributed by atoms with van der Waals surface area (Å²) in [6.45, 7) is 0. The summed E-state index contributed by atoms with van der Waals surface area (Å²) in [7, 11) is 1.58. The van der Waals surface area contributed by atoms with Crippen LogP contribution >= 0.6 is 0 Å². The van der Waals surface area contributed by atoms with Crippen LogP contribution in [0, 0.1) is 5.82 Å². The molecule has 1 amide bonds. The number of methoxy groups -OCH3 is 1. The molecule has 2 aromatic carbocycles. The Labute approximate surface area is 120 Å². The van der Waals surface area contributed by atoms with Crippen LogP contribution in [-0.4, -0.2) is 18.0 Å². The zero-order chi connectivity index (χ0) is 14.8. The van der Waals surface area contributed by atoms with E-state index in [0.29, 0.717) is 28.0 Å². The molecule has 3 aromatic rings. The molecule has 0 bridgehead atoms. The van der Waals surface area contributed by atoms with Crippen LogP contribution in [0.5, 0.6) is 5.75 Å². The Balaban J connectivity index is 1.84. The molecule has 0 aliphatic carbocycles. The monoisotopic (exact) mass is 284 g/mol. The van der Waals surface area contributed by atoms with Crippen molar-refractivity contribution < 1.29 is 13.9 Å². The van der Waals surface area contributed by atoms with Gasteiger partial charge in [-0.2, -0.15) is 0 Å². The van der Waals surface area contributed by atoms with Crippen LogP contribution < -0.4 is 10.1 Å². The lowest BCUT2D eigenvalue weighted by Crippen LogP contribution is -2.12. The number of anilines is 1. The second kappa shape index (κ2) is 5.28. The van der Waals surface area contributed by atoms with E-state index in [-0.39, 0.29) is 11.7 Å². The first-order chi connectivity index (χ1) is 10.2. The first kappa shape index (κ1) is 13.2. The minimum atomic E-state index is -0.379. The Morgan fingerprint density at radius 2 is 1.95 bits per heavy atom. The van der Waals surface area contributed by atoms with E-state index >= 15 is 0 Å². The Kier molecular flexibility index (Phi) is 3.31. The van der Waals surface area contributed by atoms with Crippen LogP contribution in [0.2, 0.25) is 0 Å². The summed E-state index contributed by atoms with van der Waals surface area (Å²) < 4.78 is 18.6.